The number of aromatic nitrogens is 2. The first-order chi connectivity index (χ1) is 7.79. The summed E-state index contributed by atoms with van der Waals surface area (Å²) in [6.07, 6.45) is 4.08. The van der Waals surface area contributed by atoms with E-state index in [0.717, 1.165) is 31.0 Å². The minimum absolute atomic E-state index is 0.236. The number of hydrogen-bond acceptors (Lipinski definition) is 4. The third-order valence-electron chi connectivity index (χ3n) is 2.55. The minimum atomic E-state index is 0.236. The van der Waals surface area contributed by atoms with Gasteiger partial charge in [-0.15, -0.1) is 0 Å². The lowest BCUT2D eigenvalue weighted by Gasteiger charge is -2.06. The van der Waals surface area contributed by atoms with E-state index >= 15 is 0 Å². The van der Waals surface area contributed by atoms with Gasteiger partial charge < -0.3 is 10.4 Å². The smallest absolute Gasteiger partial charge is 0.135 e. The standard InChI is InChI=1S/C11H16ClN3O/c12-9-7-10(13-5-1-2-6-16)15-11(14-9)8-3-4-8/h7-8,16H,1-6H2,(H,13,14,15). The predicted octanol–water partition coefficient (Wildman–Crippen LogP) is 2.19. The zero-order valence-corrected chi connectivity index (χ0v) is 9.87. The van der Waals surface area contributed by atoms with Crippen molar-refractivity contribution in [3.8, 4) is 0 Å². The number of anilines is 1. The van der Waals surface area contributed by atoms with Crippen LogP contribution in [0.15, 0.2) is 6.07 Å². The molecule has 2 N–H and O–H groups in total. The lowest BCUT2D eigenvalue weighted by molar-refractivity contribution is 0.286. The van der Waals surface area contributed by atoms with Gasteiger partial charge >= 0.3 is 0 Å². The molecule has 0 aromatic carbocycles. The van der Waals surface area contributed by atoms with Gasteiger partial charge in [0.25, 0.3) is 0 Å². The topological polar surface area (TPSA) is 58.0 Å². The number of unbranched alkanes of at least 4 members (excludes halogenated alkanes) is 1. The molecule has 1 aliphatic rings. The third kappa shape index (κ3) is 3.32. The largest absolute Gasteiger partial charge is 0.396 e. The first kappa shape index (κ1) is 11.6. The third-order valence-corrected chi connectivity index (χ3v) is 2.74. The minimum Gasteiger partial charge on any atom is -0.396 e. The number of nitrogens with zero attached hydrogens (tertiary/aromatic N) is 2. The molecule has 1 aliphatic carbocycles. The average molecular weight is 242 g/mol. The molecule has 0 radical (unpaired) electrons. The molecule has 0 unspecified atom stereocenters. The Morgan fingerprint density at radius 1 is 1.38 bits per heavy atom. The molecule has 5 heteroatoms. The Hall–Kier alpha value is -0.870. The van der Waals surface area contributed by atoms with Crippen LogP contribution < -0.4 is 5.32 Å². The van der Waals surface area contributed by atoms with Crippen LogP contribution >= 0.6 is 11.6 Å². The highest BCUT2D eigenvalue weighted by molar-refractivity contribution is 6.29. The molecule has 1 fully saturated rings. The Labute approximate surface area is 100 Å². The maximum absolute atomic E-state index is 8.66. The molecule has 0 aliphatic heterocycles. The number of halogens is 1. The van der Waals surface area contributed by atoms with E-state index in [9.17, 15) is 0 Å². The summed E-state index contributed by atoms with van der Waals surface area (Å²) in [5, 5.41) is 12.4. The molecule has 4 nitrogen and oxygen atoms in total. The lowest BCUT2D eigenvalue weighted by Crippen LogP contribution is -2.06. The molecule has 0 atom stereocenters. The number of rotatable bonds is 6. The summed E-state index contributed by atoms with van der Waals surface area (Å²) >= 11 is 5.93. The van der Waals surface area contributed by atoms with Gasteiger partial charge in [0.1, 0.15) is 16.8 Å². The summed E-state index contributed by atoms with van der Waals surface area (Å²) in [5.41, 5.74) is 0. The molecule has 0 spiro atoms. The van der Waals surface area contributed by atoms with Crippen LogP contribution in [0.25, 0.3) is 0 Å². The van der Waals surface area contributed by atoms with E-state index < -0.39 is 0 Å². The molecule has 1 aromatic heterocycles. The molecule has 2 rings (SSSR count). The van der Waals surface area contributed by atoms with Crippen LogP contribution in [-0.2, 0) is 0 Å². The van der Waals surface area contributed by atoms with Gasteiger partial charge in [-0.25, -0.2) is 9.97 Å². The Morgan fingerprint density at radius 3 is 2.88 bits per heavy atom. The molecule has 1 saturated carbocycles. The second-order valence-electron chi connectivity index (χ2n) is 4.07. The SMILES string of the molecule is OCCCCNc1cc(Cl)nc(C2CC2)n1. The zero-order valence-electron chi connectivity index (χ0n) is 9.12. The van der Waals surface area contributed by atoms with Gasteiger partial charge in [0.05, 0.1) is 0 Å². The fraction of sp³-hybridized carbons (Fsp3) is 0.636. The fourth-order valence-corrected chi connectivity index (χ4v) is 1.69. The number of aliphatic hydroxyl groups is 1. The van der Waals surface area contributed by atoms with E-state index in [1.165, 1.54) is 12.8 Å². The summed E-state index contributed by atoms with van der Waals surface area (Å²) < 4.78 is 0. The van der Waals surface area contributed by atoms with Gasteiger partial charge in [-0.2, -0.15) is 0 Å². The Kier molecular flexibility index (Phi) is 3.96. The van der Waals surface area contributed by atoms with E-state index in [0.29, 0.717) is 11.1 Å². The van der Waals surface area contributed by atoms with Crippen LogP contribution in [0.2, 0.25) is 5.15 Å². The van der Waals surface area contributed by atoms with E-state index in [1.54, 1.807) is 6.07 Å². The van der Waals surface area contributed by atoms with Crippen LogP contribution in [0.3, 0.4) is 0 Å². The van der Waals surface area contributed by atoms with Gasteiger partial charge in [0, 0.05) is 25.1 Å². The number of nitrogens with one attached hydrogen (secondary N) is 1. The maximum atomic E-state index is 8.66. The summed E-state index contributed by atoms with van der Waals surface area (Å²) in [5.74, 6) is 2.16. The highest BCUT2D eigenvalue weighted by Crippen LogP contribution is 2.38. The highest BCUT2D eigenvalue weighted by Gasteiger charge is 2.27. The number of aliphatic hydroxyl groups excluding tert-OH is 1. The molecule has 16 heavy (non-hydrogen) atoms. The van der Waals surface area contributed by atoms with Crippen molar-refractivity contribution >= 4 is 17.4 Å². The van der Waals surface area contributed by atoms with Crippen molar-refractivity contribution in [2.45, 2.75) is 31.6 Å². The summed E-state index contributed by atoms with van der Waals surface area (Å²) in [7, 11) is 0. The lowest BCUT2D eigenvalue weighted by atomic mass is 10.3. The highest BCUT2D eigenvalue weighted by atomic mass is 35.5. The molecule has 0 saturated heterocycles. The Morgan fingerprint density at radius 2 is 2.19 bits per heavy atom. The second kappa shape index (κ2) is 5.46. The Bertz CT molecular complexity index is 355. The van der Waals surface area contributed by atoms with Crippen molar-refractivity contribution in [1.82, 2.24) is 9.97 Å². The summed E-state index contributed by atoms with van der Waals surface area (Å²) in [6.45, 7) is 1.04. The number of hydrogen-bond donors (Lipinski definition) is 2. The maximum Gasteiger partial charge on any atom is 0.135 e. The van der Waals surface area contributed by atoms with Gasteiger partial charge in [-0.3, -0.25) is 0 Å². The van der Waals surface area contributed by atoms with Crippen molar-refractivity contribution in [3.63, 3.8) is 0 Å². The van der Waals surface area contributed by atoms with Crippen molar-refractivity contribution < 1.29 is 5.11 Å². The quantitative estimate of drug-likeness (QED) is 0.592. The average Bonchev–Trinajstić information content (AvgIpc) is 3.07. The summed E-state index contributed by atoms with van der Waals surface area (Å²) in [6, 6.07) is 1.74. The first-order valence-corrected chi connectivity index (χ1v) is 6.06. The van der Waals surface area contributed by atoms with Gasteiger partial charge in [0.15, 0.2) is 0 Å². The van der Waals surface area contributed by atoms with Crippen molar-refractivity contribution in [2.24, 2.45) is 0 Å². The first-order valence-electron chi connectivity index (χ1n) is 5.69. The molecular formula is C11H16ClN3O. The van der Waals surface area contributed by atoms with Crippen LogP contribution in [0, 0.1) is 0 Å². The molecule has 1 aromatic rings. The Balaban J connectivity index is 1.92. The van der Waals surface area contributed by atoms with Gasteiger partial charge in [-0.05, 0) is 25.7 Å². The van der Waals surface area contributed by atoms with Gasteiger partial charge in [0.2, 0.25) is 0 Å². The predicted molar refractivity (Wildman–Crippen MR) is 63.8 cm³/mol. The zero-order chi connectivity index (χ0) is 11.4. The van der Waals surface area contributed by atoms with Crippen LogP contribution in [0.1, 0.15) is 37.4 Å². The fourth-order valence-electron chi connectivity index (χ4n) is 1.50. The van der Waals surface area contributed by atoms with Gasteiger partial charge in [-0.1, -0.05) is 11.6 Å². The van der Waals surface area contributed by atoms with E-state index in [1.807, 2.05) is 0 Å². The normalized spacial score (nSPS) is 15.1. The van der Waals surface area contributed by atoms with Crippen LogP contribution in [0.4, 0.5) is 5.82 Å². The van der Waals surface area contributed by atoms with Crippen LogP contribution in [0.5, 0.6) is 0 Å². The van der Waals surface area contributed by atoms with E-state index in [-0.39, 0.29) is 6.61 Å². The molecular weight excluding hydrogens is 226 g/mol. The van der Waals surface area contributed by atoms with Crippen molar-refractivity contribution in [1.29, 1.82) is 0 Å². The van der Waals surface area contributed by atoms with Crippen molar-refractivity contribution in [3.05, 3.63) is 17.0 Å². The van der Waals surface area contributed by atoms with Crippen LogP contribution in [-0.4, -0.2) is 28.2 Å². The monoisotopic (exact) mass is 241 g/mol. The molecule has 0 amide bonds. The second-order valence-corrected chi connectivity index (χ2v) is 4.45. The van der Waals surface area contributed by atoms with E-state index in [4.69, 9.17) is 16.7 Å². The molecule has 1 heterocycles. The molecule has 88 valence electrons. The summed E-state index contributed by atoms with van der Waals surface area (Å²) in [4.78, 5) is 8.64. The van der Waals surface area contributed by atoms with E-state index in [2.05, 4.69) is 15.3 Å². The molecule has 0 bridgehead atoms. The van der Waals surface area contributed by atoms with Crippen molar-refractivity contribution in [2.75, 3.05) is 18.5 Å².